The number of nitrogens with one attached hydrogen (secondary N) is 2. The van der Waals surface area contributed by atoms with Crippen LogP contribution in [0.4, 0.5) is 24.5 Å². The third-order valence-electron chi connectivity index (χ3n) is 5.13. The molecule has 8 nitrogen and oxygen atoms in total. The van der Waals surface area contributed by atoms with E-state index < -0.39 is 23.7 Å². The molecule has 2 aromatic rings. The standard InChI is InChI=1S/C21H22F3N3OS.C2H2O4/c1-27-10-8-14(9-11-27)19(28)15-4-2-6-17(12-15)25-20(29)26-18-7-3-5-16(13-18)21(22,23)24;3-1(4)2(5)6/h2-7,12-14H,8-11H2,1H3,(H2,25,26,29);(H,3,4)(H,5,6). The number of nitrogens with zero attached hydrogens (tertiary/aromatic N) is 1. The molecule has 3 rings (SSSR count). The van der Waals surface area contributed by atoms with Crippen LogP contribution in [0.3, 0.4) is 0 Å². The maximum absolute atomic E-state index is 12.8. The molecule has 2 aromatic carbocycles. The lowest BCUT2D eigenvalue weighted by molar-refractivity contribution is -0.159. The summed E-state index contributed by atoms with van der Waals surface area (Å²) in [6.07, 6.45) is -2.75. The van der Waals surface area contributed by atoms with Gasteiger partial charge in [0.25, 0.3) is 0 Å². The average molecular weight is 512 g/mol. The first-order valence-corrected chi connectivity index (χ1v) is 10.8. The Kier molecular flexibility index (Phi) is 9.72. The van der Waals surface area contributed by atoms with E-state index in [0.29, 0.717) is 11.3 Å². The van der Waals surface area contributed by atoms with Crippen molar-refractivity contribution in [3.05, 3.63) is 59.7 Å². The molecule has 0 radical (unpaired) electrons. The second-order valence-corrected chi connectivity index (χ2v) is 8.20. The summed E-state index contributed by atoms with van der Waals surface area (Å²) in [5, 5.41) is 20.6. The summed E-state index contributed by atoms with van der Waals surface area (Å²) in [4.78, 5) is 33.2. The van der Waals surface area contributed by atoms with Gasteiger partial charge in [0.1, 0.15) is 0 Å². The minimum Gasteiger partial charge on any atom is -0.473 e. The molecular formula is C23H24F3N3O5S. The summed E-state index contributed by atoms with van der Waals surface area (Å²) in [6, 6.07) is 11.8. The van der Waals surface area contributed by atoms with Crippen LogP contribution in [0.25, 0.3) is 0 Å². The third-order valence-corrected chi connectivity index (χ3v) is 5.33. The number of hydrogen-bond donors (Lipinski definition) is 4. The van der Waals surface area contributed by atoms with Crippen LogP contribution in [0.2, 0.25) is 0 Å². The van der Waals surface area contributed by atoms with E-state index in [-0.39, 0.29) is 22.5 Å². The molecule has 1 saturated heterocycles. The maximum Gasteiger partial charge on any atom is 0.416 e. The highest BCUT2D eigenvalue weighted by molar-refractivity contribution is 7.80. The number of carboxylic acid groups (broad SMARTS) is 2. The van der Waals surface area contributed by atoms with Gasteiger partial charge in [-0.15, -0.1) is 0 Å². The number of carboxylic acids is 2. The number of anilines is 2. The lowest BCUT2D eigenvalue weighted by Crippen LogP contribution is -2.33. The molecule has 0 amide bonds. The molecule has 1 heterocycles. The number of rotatable bonds is 4. The summed E-state index contributed by atoms with van der Waals surface area (Å²) in [5.74, 6) is -3.53. The normalized spacial score (nSPS) is 14.3. The maximum atomic E-state index is 12.8. The van der Waals surface area contributed by atoms with Gasteiger partial charge in [-0.1, -0.05) is 18.2 Å². The predicted octanol–water partition coefficient (Wildman–Crippen LogP) is 4.19. The largest absolute Gasteiger partial charge is 0.473 e. The van der Waals surface area contributed by atoms with Crippen molar-refractivity contribution in [2.45, 2.75) is 19.0 Å². The third kappa shape index (κ3) is 8.98. The zero-order chi connectivity index (χ0) is 26.2. The van der Waals surface area contributed by atoms with Crippen LogP contribution in [0, 0.1) is 5.92 Å². The number of halogens is 3. The monoisotopic (exact) mass is 511 g/mol. The number of benzene rings is 2. The van der Waals surface area contributed by atoms with Crippen LogP contribution in [-0.4, -0.2) is 58.1 Å². The van der Waals surface area contributed by atoms with Gasteiger partial charge in [-0.05, 0) is 75.5 Å². The second kappa shape index (κ2) is 12.3. The van der Waals surface area contributed by atoms with E-state index in [1.54, 1.807) is 24.3 Å². The van der Waals surface area contributed by atoms with Crippen molar-refractivity contribution in [2.75, 3.05) is 30.8 Å². The molecule has 0 saturated carbocycles. The molecule has 0 atom stereocenters. The molecule has 0 aromatic heterocycles. The number of piperidine rings is 1. The van der Waals surface area contributed by atoms with Crippen LogP contribution in [0.5, 0.6) is 0 Å². The number of hydrogen-bond acceptors (Lipinski definition) is 5. The van der Waals surface area contributed by atoms with E-state index in [1.807, 2.05) is 7.05 Å². The van der Waals surface area contributed by atoms with Gasteiger partial charge in [-0.2, -0.15) is 13.2 Å². The van der Waals surface area contributed by atoms with Crippen molar-refractivity contribution in [3.63, 3.8) is 0 Å². The van der Waals surface area contributed by atoms with Crippen molar-refractivity contribution >= 4 is 46.4 Å². The molecule has 0 unspecified atom stereocenters. The number of aliphatic carboxylic acids is 2. The van der Waals surface area contributed by atoms with Gasteiger partial charge in [0.05, 0.1) is 5.56 Å². The van der Waals surface area contributed by atoms with Crippen LogP contribution in [0.15, 0.2) is 48.5 Å². The smallest absolute Gasteiger partial charge is 0.416 e. The number of ketones is 1. The van der Waals surface area contributed by atoms with Crippen LogP contribution in [0.1, 0.15) is 28.8 Å². The summed E-state index contributed by atoms with van der Waals surface area (Å²) < 4.78 is 38.5. The lowest BCUT2D eigenvalue weighted by Gasteiger charge is -2.28. The first-order chi connectivity index (χ1) is 16.4. The molecule has 188 valence electrons. The Labute approximate surface area is 204 Å². The van der Waals surface area contributed by atoms with Crippen molar-refractivity contribution in [1.82, 2.24) is 4.90 Å². The summed E-state index contributed by atoms with van der Waals surface area (Å²) in [7, 11) is 2.05. The molecule has 0 bridgehead atoms. The molecule has 1 aliphatic heterocycles. The SMILES string of the molecule is CN1CCC(C(=O)c2cccc(NC(=S)Nc3cccc(C(F)(F)F)c3)c2)CC1.O=C(O)C(=O)O. The minimum atomic E-state index is -4.42. The fraction of sp³-hybridized carbons (Fsp3) is 0.304. The molecule has 1 fully saturated rings. The summed E-state index contributed by atoms with van der Waals surface area (Å²) in [6.45, 7) is 1.80. The molecule has 0 aliphatic carbocycles. The fourth-order valence-electron chi connectivity index (χ4n) is 3.32. The van der Waals surface area contributed by atoms with Crippen molar-refractivity contribution in [3.8, 4) is 0 Å². The van der Waals surface area contributed by atoms with Gasteiger partial charge in [0.15, 0.2) is 10.9 Å². The molecule has 1 aliphatic rings. The van der Waals surface area contributed by atoms with Crippen LogP contribution in [-0.2, 0) is 15.8 Å². The summed E-state index contributed by atoms with van der Waals surface area (Å²) >= 11 is 5.21. The number of carbonyl (C=O) groups excluding carboxylic acids is 1. The van der Waals surface area contributed by atoms with Gasteiger partial charge in [0, 0.05) is 22.9 Å². The zero-order valence-corrected chi connectivity index (χ0v) is 19.4. The number of likely N-dealkylation sites (tertiary alicyclic amines) is 1. The number of carbonyl (C=O) groups is 3. The molecule has 35 heavy (non-hydrogen) atoms. The van der Waals surface area contributed by atoms with Gasteiger partial charge in [-0.3, -0.25) is 4.79 Å². The Morgan fingerprint density at radius 1 is 0.943 bits per heavy atom. The van der Waals surface area contributed by atoms with Gasteiger partial charge in [-0.25, -0.2) is 9.59 Å². The Balaban J connectivity index is 0.000000641. The molecule has 12 heteroatoms. The minimum absolute atomic E-state index is 0.0108. The Hall–Kier alpha value is -3.51. The second-order valence-electron chi connectivity index (χ2n) is 7.79. The Bertz CT molecular complexity index is 1070. The van der Waals surface area contributed by atoms with Crippen molar-refractivity contribution in [2.24, 2.45) is 5.92 Å². The predicted molar refractivity (Wildman–Crippen MR) is 128 cm³/mol. The topological polar surface area (TPSA) is 119 Å². The first kappa shape index (κ1) is 27.7. The van der Waals surface area contributed by atoms with Crippen molar-refractivity contribution < 1.29 is 37.8 Å². The van der Waals surface area contributed by atoms with E-state index in [1.165, 1.54) is 12.1 Å². The Morgan fingerprint density at radius 3 is 1.97 bits per heavy atom. The number of alkyl halides is 3. The van der Waals surface area contributed by atoms with Crippen molar-refractivity contribution in [1.29, 1.82) is 0 Å². The van der Waals surface area contributed by atoms with E-state index in [4.69, 9.17) is 32.0 Å². The van der Waals surface area contributed by atoms with E-state index in [9.17, 15) is 18.0 Å². The highest BCUT2D eigenvalue weighted by Crippen LogP contribution is 2.30. The highest BCUT2D eigenvalue weighted by atomic mass is 32.1. The van der Waals surface area contributed by atoms with E-state index in [0.717, 1.165) is 38.1 Å². The van der Waals surface area contributed by atoms with Crippen LogP contribution >= 0.6 is 12.2 Å². The summed E-state index contributed by atoms with van der Waals surface area (Å²) in [5.41, 5.74) is 0.687. The van der Waals surface area contributed by atoms with E-state index >= 15 is 0 Å². The van der Waals surface area contributed by atoms with Crippen LogP contribution < -0.4 is 10.6 Å². The van der Waals surface area contributed by atoms with Gasteiger partial charge in [0.2, 0.25) is 0 Å². The number of thiocarbonyl (C=S) groups is 1. The lowest BCUT2D eigenvalue weighted by atomic mass is 9.89. The first-order valence-electron chi connectivity index (χ1n) is 10.4. The highest BCUT2D eigenvalue weighted by Gasteiger charge is 2.30. The molecule has 0 spiro atoms. The zero-order valence-electron chi connectivity index (χ0n) is 18.6. The quantitative estimate of drug-likeness (QED) is 0.272. The van der Waals surface area contributed by atoms with E-state index in [2.05, 4.69) is 15.5 Å². The Morgan fingerprint density at radius 2 is 1.46 bits per heavy atom. The van der Waals surface area contributed by atoms with Gasteiger partial charge >= 0.3 is 18.1 Å². The average Bonchev–Trinajstić information content (AvgIpc) is 2.79. The molecule has 4 N–H and O–H groups in total. The fourth-order valence-corrected chi connectivity index (χ4v) is 3.56. The van der Waals surface area contributed by atoms with Gasteiger partial charge < -0.3 is 25.7 Å². The number of Topliss-reactive ketones (excluding diaryl/α,β-unsaturated/α-hetero) is 1. The molecular weight excluding hydrogens is 487 g/mol.